The van der Waals surface area contributed by atoms with Crippen molar-refractivity contribution in [3.8, 4) is 11.4 Å². The number of nitrogens with zero attached hydrogens (tertiary/aromatic N) is 6. The Kier molecular flexibility index (Phi) is 4.61. The number of rotatable bonds is 3. The molecule has 1 spiro atoms. The third-order valence-corrected chi connectivity index (χ3v) is 7.68. The second-order valence-corrected chi connectivity index (χ2v) is 9.42. The Morgan fingerprint density at radius 1 is 0.903 bits per heavy atom. The molecule has 31 heavy (non-hydrogen) atoms. The minimum Gasteiger partial charge on any atom is -0.391 e. The second kappa shape index (κ2) is 7.50. The molecule has 2 atom stereocenters. The number of piperidine rings is 1. The van der Waals surface area contributed by atoms with Crippen molar-refractivity contribution >= 4 is 16.7 Å². The first kappa shape index (κ1) is 19.1. The fourth-order valence-corrected chi connectivity index (χ4v) is 5.58. The Labute approximate surface area is 182 Å². The highest BCUT2D eigenvalue weighted by Crippen LogP contribution is 2.44. The summed E-state index contributed by atoms with van der Waals surface area (Å²) in [5, 5.41) is 11.2. The number of aliphatic hydroxyl groups excluding tert-OH is 1. The van der Waals surface area contributed by atoms with Gasteiger partial charge in [-0.1, -0.05) is 0 Å². The quantitative estimate of drug-likeness (QED) is 0.703. The molecule has 0 amide bonds. The Morgan fingerprint density at radius 2 is 1.68 bits per heavy atom. The maximum Gasteiger partial charge on any atom is 0.162 e. The molecule has 6 rings (SSSR count). The van der Waals surface area contributed by atoms with Crippen LogP contribution in [0.4, 0.5) is 5.82 Å². The van der Waals surface area contributed by atoms with E-state index in [1.807, 2.05) is 30.6 Å². The van der Waals surface area contributed by atoms with Gasteiger partial charge in [-0.05, 0) is 62.3 Å². The van der Waals surface area contributed by atoms with E-state index in [0.717, 1.165) is 67.1 Å². The number of aliphatic hydroxyl groups is 1. The van der Waals surface area contributed by atoms with Crippen molar-refractivity contribution in [3.05, 3.63) is 43.0 Å². The lowest BCUT2D eigenvalue weighted by Crippen LogP contribution is -2.51. The third-order valence-electron chi connectivity index (χ3n) is 7.68. The first-order valence-electron chi connectivity index (χ1n) is 11.4. The summed E-state index contributed by atoms with van der Waals surface area (Å²) in [6, 6.07) is 6.34. The van der Waals surface area contributed by atoms with Gasteiger partial charge in [-0.2, -0.15) is 0 Å². The minimum absolute atomic E-state index is 0.108. The summed E-state index contributed by atoms with van der Waals surface area (Å²) in [4.78, 5) is 23.2. The van der Waals surface area contributed by atoms with Crippen LogP contribution in [0.5, 0.6) is 0 Å². The van der Waals surface area contributed by atoms with Crippen LogP contribution in [0.15, 0.2) is 43.0 Å². The highest BCUT2D eigenvalue weighted by Gasteiger charge is 2.45. The minimum atomic E-state index is -0.108. The molecule has 1 aliphatic carbocycles. The molecule has 0 unspecified atom stereocenters. The van der Waals surface area contributed by atoms with Crippen LogP contribution >= 0.6 is 0 Å². The van der Waals surface area contributed by atoms with Crippen LogP contribution < -0.4 is 4.90 Å². The Balaban J connectivity index is 1.26. The van der Waals surface area contributed by atoms with Crippen molar-refractivity contribution < 1.29 is 5.11 Å². The first-order chi connectivity index (χ1) is 15.2. The predicted octanol–water partition coefficient (Wildman–Crippen LogP) is 2.90. The average Bonchev–Trinajstić information content (AvgIpc) is 3.21. The van der Waals surface area contributed by atoms with Gasteiger partial charge in [0.05, 0.1) is 17.8 Å². The molecule has 1 N–H and O–H groups in total. The maximum absolute atomic E-state index is 10.1. The molecule has 0 aromatic carbocycles. The topological polar surface area (TPSA) is 78.3 Å². The fourth-order valence-electron chi connectivity index (χ4n) is 5.58. The Hall–Kier alpha value is -2.64. The van der Waals surface area contributed by atoms with Crippen LogP contribution in [0.2, 0.25) is 0 Å². The summed E-state index contributed by atoms with van der Waals surface area (Å²) >= 11 is 0. The SMILES string of the molecule is O[C@H]1CC[C@@H]1N1CCC2(CCN(c3nc(-c4ccncc4)nc4cnccc34)CC2)C1. The zero-order chi connectivity index (χ0) is 20.8. The van der Waals surface area contributed by atoms with Crippen LogP contribution in [0.25, 0.3) is 22.3 Å². The lowest BCUT2D eigenvalue weighted by molar-refractivity contribution is -0.0164. The number of likely N-dealkylation sites (tertiary alicyclic amines) is 1. The monoisotopic (exact) mass is 416 g/mol. The molecule has 0 bridgehead atoms. The predicted molar refractivity (Wildman–Crippen MR) is 120 cm³/mol. The molecule has 5 heterocycles. The van der Waals surface area contributed by atoms with E-state index in [1.165, 1.54) is 19.3 Å². The van der Waals surface area contributed by atoms with E-state index in [1.54, 1.807) is 12.4 Å². The van der Waals surface area contributed by atoms with E-state index in [2.05, 4.69) is 19.8 Å². The zero-order valence-electron chi connectivity index (χ0n) is 17.7. The lowest BCUT2D eigenvalue weighted by atomic mass is 9.77. The molecule has 3 aromatic heterocycles. The van der Waals surface area contributed by atoms with E-state index < -0.39 is 0 Å². The summed E-state index contributed by atoms with van der Waals surface area (Å²) in [5.41, 5.74) is 2.25. The molecular weight excluding hydrogens is 388 g/mol. The van der Waals surface area contributed by atoms with Crippen LogP contribution in [-0.4, -0.2) is 68.3 Å². The Bertz CT molecular complexity index is 1080. The van der Waals surface area contributed by atoms with E-state index in [4.69, 9.17) is 9.97 Å². The van der Waals surface area contributed by atoms with Gasteiger partial charge >= 0.3 is 0 Å². The van der Waals surface area contributed by atoms with E-state index in [9.17, 15) is 5.11 Å². The van der Waals surface area contributed by atoms with Crippen LogP contribution in [-0.2, 0) is 0 Å². The zero-order valence-corrected chi connectivity index (χ0v) is 17.7. The van der Waals surface area contributed by atoms with Crippen molar-refractivity contribution in [3.63, 3.8) is 0 Å². The molecule has 160 valence electrons. The van der Waals surface area contributed by atoms with Crippen LogP contribution in [0, 0.1) is 5.41 Å². The largest absolute Gasteiger partial charge is 0.391 e. The van der Waals surface area contributed by atoms with Gasteiger partial charge in [0.1, 0.15) is 5.82 Å². The van der Waals surface area contributed by atoms with Crippen molar-refractivity contribution in [1.82, 2.24) is 24.8 Å². The summed E-state index contributed by atoms with van der Waals surface area (Å²) in [6.45, 7) is 4.28. The number of pyridine rings is 2. The van der Waals surface area contributed by atoms with E-state index in [-0.39, 0.29) is 6.10 Å². The number of hydrogen-bond acceptors (Lipinski definition) is 7. The first-order valence-corrected chi connectivity index (χ1v) is 11.4. The molecule has 1 saturated carbocycles. The van der Waals surface area contributed by atoms with Gasteiger partial charge in [0.15, 0.2) is 5.82 Å². The van der Waals surface area contributed by atoms with Crippen LogP contribution in [0.3, 0.4) is 0 Å². The smallest absolute Gasteiger partial charge is 0.162 e. The van der Waals surface area contributed by atoms with Crippen LogP contribution in [0.1, 0.15) is 32.1 Å². The second-order valence-electron chi connectivity index (χ2n) is 9.42. The molecular formula is C24H28N6O. The molecule has 3 fully saturated rings. The van der Waals surface area contributed by atoms with Gasteiger partial charge in [0.25, 0.3) is 0 Å². The van der Waals surface area contributed by atoms with E-state index in [0.29, 0.717) is 11.5 Å². The molecule has 0 radical (unpaired) electrons. The molecule has 2 aliphatic heterocycles. The van der Waals surface area contributed by atoms with Crippen molar-refractivity contribution in [2.24, 2.45) is 5.41 Å². The number of hydrogen-bond donors (Lipinski definition) is 1. The summed E-state index contributed by atoms with van der Waals surface area (Å²) < 4.78 is 0. The highest BCUT2D eigenvalue weighted by atomic mass is 16.3. The van der Waals surface area contributed by atoms with Gasteiger partial charge in [0, 0.05) is 55.2 Å². The van der Waals surface area contributed by atoms with Gasteiger partial charge < -0.3 is 10.0 Å². The summed E-state index contributed by atoms with van der Waals surface area (Å²) in [6.07, 6.45) is 12.8. The van der Waals surface area contributed by atoms with Gasteiger partial charge in [0.2, 0.25) is 0 Å². The average molecular weight is 417 g/mol. The van der Waals surface area contributed by atoms with Crippen molar-refractivity contribution in [1.29, 1.82) is 0 Å². The molecule has 7 heteroatoms. The summed E-state index contributed by atoms with van der Waals surface area (Å²) in [5.74, 6) is 1.74. The summed E-state index contributed by atoms with van der Waals surface area (Å²) in [7, 11) is 0. The fraction of sp³-hybridized carbons (Fsp3) is 0.500. The highest BCUT2D eigenvalue weighted by molar-refractivity contribution is 5.90. The maximum atomic E-state index is 10.1. The van der Waals surface area contributed by atoms with Crippen molar-refractivity contribution in [2.75, 3.05) is 31.1 Å². The van der Waals surface area contributed by atoms with Gasteiger partial charge in [-0.25, -0.2) is 9.97 Å². The molecule has 3 aliphatic rings. The van der Waals surface area contributed by atoms with E-state index >= 15 is 0 Å². The Morgan fingerprint density at radius 3 is 2.42 bits per heavy atom. The standard InChI is InChI=1S/C24H28N6O/c31-21-2-1-20(21)30-14-8-24(16-30)6-12-29(13-7-24)23-18-5-11-26-15-19(18)27-22(28-23)17-3-9-25-10-4-17/h3-5,9-11,15,20-21,31H,1-2,6-8,12-14,16H2/t20-,21-/m0/s1. The number of aromatic nitrogens is 4. The van der Waals surface area contributed by atoms with Gasteiger partial charge in [-0.15, -0.1) is 0 Å². The number of anilines is 1. The lowest BCUT2D eigenvalue weighted by Gasteiger charge is -2.43. The molecule has 2 saturated heterocycles. The molecule has 7 nitrogen and oxygen atoms in total. The number of fused-ring (bicyclic) bond motifs is 1. The van der Waals surface area contributed by atoms with Crippen molar-refractivity contribution in [2.45, 2.75) is 44.2 Å². The normalized spacial score (nSPS) is 25.8. The van der Waals surface area contributed by atoms with Gasteiger partial charge in [-0.3, -0.25) is 14.9 Å². The third kappa shape index (κ3) is 3.36. The molecule has 3 aromatic rings.